The Morgan fingerprint density at radius 1 is 1.53 bits per heavy atom. The van der Waals surface area contributed by atoms with Gasteiger partial charge in [0.2, 0.25) is 0 Å². The van der Waals surface area contributed by atoms with E-state index in [4.69, 9.17) is 5.73 Å². The van der Waals surface area contributed by atoms with E-state index in [0.29, 0.717) is 17.4 Å². The molecule has 1 aliphatic carbocycles. The highest BCUT2D eigenvalue weighted by Gasteiger charge is 2.32. The quantitative estimate of drug-likeness (QED) is 0.896. The van der Waals surface area contributed by atoms with Gasteiger partial charge in [-0.1, -0.05) is 6.92 Å². The molecule has 0 atom stereocenters. The molecule has 2 N–H and O–H groups in total. The third kappa shape index (κ3) is 3.33. The Labute approximate surface area is 108 Å². The van der Waals surface area contributed by atoms with Gasteiger partial charge >= 0.3 is 0 Å². The van der Waals surface area contributed by atoms with E-state index in [0.717, 1.165) is 25.8 Å². The molecular weight excluding hydrogens is 238 g/mol. The van der Waals surface area contributed by atoms with Gasteiger partial charge in [0.1, 0.15) is 5.69 Å². The molecule has 1 aromatic rings. The normalized spacial score (nSPS) is 13.9. The molecule has 0 radical (unpaired) electrons. The Morgan fingerprint density at radius 2 is 2.24 bits per heavy atom. The number of aromatic nitrogens is 1. The van der Waals surface area contributed by atoms with Crippen LogP contribution in [0.2, 0.25) is 0 Å². The highest BCUT2D eigenvalue weighted by molar-refractivity contribution is 5.92. The van der Waals surface area contributed by atoms with Crippen molar-refractivity contribution < 1.29 is 4.79 Å². The molecule has 1 aromatic heterocycles. The maximum Gasteiger partial charge on any atom is 0.272 e. The monoisotopic (exact) mass is 255 g/mol. The molecule has 1 amide bonds. The van der Waals surface area contributed by atoms with Crippen LogP contribution in [0.4, 0.5) is 5.69 Å². The highest BCUT2D eigenvalue weighted by atomic mass is 35.5. The zero-order valence-corrected chi connectivity index (χ0v) is 10.7. The number of rotatable bonds is 4. The molecule has 0 saturated heterocycles. The highest BCUT2D eigenvalue weighted by Crippen LogP contribution is 2.28. The van der Waals surface area contributed by atoms with E-state index in [1.54, 1.807) is 12.1 Å². The maximum atomic E-state index is 12.2. The van der Waals surface area contributed by atoms with Gasteiger partial charge in [0.25, 0.3) is 5.91 Å². The van der Waals surface area contributed by atoms with Crippen molar-refractivity contribution in [1.29, 1.82) is 0 Å². The summed E-state index contributed by atoms with van der Waals surface area (Å²) >= 11 is 0. The Morgan fingerprint density at radius 3 is 2.71 bits per heavy atom. The smallest absolute Gasteiger partial charge is 0.272 e. The molecule has 17 heavy (non-hydrogen) atoms. The Bertz CT molecular complexity index is 376. The zero-order valence-electron chi connectivity index (χ0n) is 9.93. The average Bonchev–Trinajstić information content (AvgIpc) is 3.10. The van der Waals surface area contributed by atoms with Crippen molar-refractivity contribution >= 4 is 24.0 Å². The van der Waals surface area contributed by atoms with Crippen LogP contribution in [0.25, 0.3) is 0 Å². The van der Waals surface area contributed by atoms with Gasteiger partial charge in [0.15, 0.2) is 0 Å². The second kappa shape index (κ2) is 5.87. The van der Waals surface area contributed by atoms with Crippen LogP contribution in [0.1, 0.15) is 36.7 Å². The standard InChI is InChI=1S/C12H17N3O.ClH/c1-2-7-15(10-4-5-10)12(16)11-6-3-9(13)8-14-11;/h3,6,8,10H,2,4-5,7,13H2,1H3;1H. The second-order valence-electron chi connectivity index (χ2n) is 4.21. The summed E-state index contributed by atoms with van der Waals surface area (Å²) in [5.74, 6) is 0.0318. The largest absolute Gasteiger partial charge is 0.397 e. The number of carbonyl (C=O) groups excluding carboxylic acids is 1. The van der Waals surface area contributed by atoms with E-state index < -0.39 is 0 Å². The fraction of sp³-hybridized carbons (Fsp3) is 0.500. The Hall–Kier alpha value is -1.29. The molecule has 0 unspecified atom stereocenters. The number of hydrogen-bond acceptors (Lipinski definition) is 3. The van der Waals surface area contributed by atoms with Crippen molar-refractivity contribution in [3.63, 3.8) is 0 Å². The van der Waals surface area contributed by atoms with Crippen molar-refractivity contribution in [1.82, 2.24) is 9.88 Å². The number of nitrogens with two attached hydrogens (primary N) is 1. The molecule has 4 nitrogen and oxygen atoms in total. The summed E-state index contributed by atoms with van der Waals surface area (Å²) in [6, 6.07) is 3.85. The minimum Gasteiger partial charge on any atom is -0.397 e. The van der Waals surface area contributed by atoms with E-state index in [1.165, 1.54) is 6.20 Å². The molecule has 0 aliphatic heterocycles. The lowest BCUT2D eigenvalue weighted by atomic mass is 10.3. The third-order valence-corrected chi connectivity index (χ3v) is 2.72. The van der Waals surface area contributed by atoms with E-state index in [-0.39, 0.29) is 18.3 Å². The van der Waals surface area contributed by atoms with Crippen LogP contribution >= 0.6 is 12.4 Å². The van der Waals surface area contributed by atoms with Crippen LogP contribution in [-0.4, -0.2) is 28.4 Å². The van der Waals surface area contributed by atoms with Gasteiger partial charge in [-0.05, 0) is 31.4 Å². The summed E-state index contributed by atoms with van der Waals surface area (Å²) in [6.07, 6.45) is 4.77. The summed E-state index contributed by atoms with van der Waals surface area (Å²) in [5.41, 5.74) is 6.63. The average molecular weight is 256 g/mol. The summed E-state index contributed by atoms with van der Waals surface area (Å²) in [6.45, 7) is 2.90. The summed E-state index contributed by atoms with van der Waals surface area (Å²) in [7, 11) is 0. The topological polar surface area (TPSA) is 59.2 Å². The number of anilines is 1. The second-order valence-corrected chi connectivity index (χ2v) is 4.21. The lowest BCUT2D eigenvalue weighted by Crippen LogP contribution is -2.34. The van der Waals surface area contributed by atoms with Gasteiger partial charge in [0.05, 0.1) is 11.9 Å². The number of carbonyl (C=O) groups is 1. The molecule has 5 heteroatoms. The van der Waals surface area contributed by atoms with Crippen molar-refractivity contribution in [3.05, 3.63) is 24.0 Å². The molecule has 94 valence electrons. The van der Waals surface area contributed by atoms with Gasteiger partial charge in [-0.25, -0.2) is 4.98 Å². The van der Waals surface area contributed by atoms with Gasteiger partial charge in [-0.15, -0.1) is 12.4 Å². The zero-order chi connectivity index (χ0) is 11.5. The first-order valence-electron chi connectivity index (χ1n) is 5.75. The van der Waals surface area contributed by atoms with Crippen molar-refractivity contribution in [2.45, 2.75) is 32.2 Å². The van der Waals surface area contributed by atoms with Crippen LogP contribution in [0, 0.1) is 0 Å². The number of halogens is 1. The number of nitrogen functional groups attached to an aromatic ring is 1. The minimum atomic E-state index is 0. The lowest BCUT2D eigenvalue weighted by molar-refractivity contribution is 0.0737. The molecule has 1 aliphatic rings. The van der Waals surface area contributed by atoms with Crippen molar-refractivity contribution in [2.24, 2.45) is 0 Å². The lowest BCUT2D eigenvalue weighted by Gasteiger charge is -2.21. The summed E-state index contributed by atoms with van der Waals surface area (Å²) in [4.78, 5) is 18.2. The SMILES string of the molecule is CCCN(C(=O)c1ccc(N)cn1)C1CC1.Cl. The fourth-order valence-electron chi connectivity index (χ4n) is 1.76. The van der Waals surface area contributed by atoms with Crippen LogP contribution in [0.5, 0.6) is 0 Å². The minimum absolute atomic E-state index is 0. The number of hydrogen-bond donors (Lipinski definition) is 1. The molecular formula is C12H18ClN3O. The van der Waals surface area contributed by atoms with Crippen LogP contribution in [0.3, 0.4) is 0 Å². The summed E-state index contributed by atoms with van der Waals surface area (Å²) < 4.78 is 0. The van der Waals surface area contributed by atoms with Crippen LogP contribution in [-0.2, 0) is 0 Å². The van der Waals surface area contributed by atoms with Gasteiger partial charge < -0.3 is 10.6 Å². The maximum absolute atomic E-state index is 12.2. The molecule has 1 heterocycles. The molecule has 0 spiro atoms. The first kappa shape index (κ1) is 13.8. The third-order valence-electron chi connectivity index (χ3n) is 2.72. The van der Waals surface area contributed by atoms with E-state index in [9.17, 15) is 4.79 Å². The van der Waals surface area contributed by atoms with Crippen molar-refractivity contribution in [2.75, 3.05) is 12.3 Å². The number of pyridine rings is 1. The summed E-state index contributed by atoms with van der Waals surface area (Å²) in [5, 5.41) is 0. The number of amides is 1. The molecule has 2 rings (SSSR count). The Balaban J connectivity index is 0.00000144. The van der Waals surface area contributed by atoms with E-state index in [2.05, 4.69) is 11.9 Å². The molecule has 0 bridgehead atoms. The first-order valence-corrected chi connectivity index (χ1v) is 5.75. The van der Waals surface area contributed by atoms with E-state index in [1.807, 2.05) is 4.90 Å². The van der Waals surface area contributed by atoms with E-state index >= 15 is 0 Å². The van der Waals surface area contributed by atoms with Crippen LogP contribution in [0.15, 0.2) is 18.3 Å². The molecule has 0 aromatic carbocycles. The first-order chi connectivity index (χ1) is 7.72. The van der Waals surface area contributed by atoms with Gasteiger partial charge in [-0.3, -0.25) is 4.79 Å². The predicted molar refractivity (Wildman–Crippen MR) is 70.2 cm³/mol. The number of nitrogens with zero attached hydrogens (tertiary/aromatic N) is 2. The molecule has 1 saturated carbocycles. The van der Waals surface area contributed by atoms with Crippen molar-refractivity contribution in [3.8, 4) is 0 Å². The predicted octanol–water partition coefficient (Wildman–Crippen LogP) is 2.10. The van der Waals surface area contributed by atoms with Crippen LogP contribution < -0.4 is 5.73 Å². The van der Waals surface area contributed by atoms with Gasteiger partial charge in [0, 0.05) is 12.6 Å². The Kier molecular flexibility index (Phi) is 4.75. The molecule has 1 fully saturated rings. The van der Waals surface area contributed by atoms with Gasteiger partial charge in [-0.2, -0.15) is 0 Å². The fourth-order valence-corrected chi connectivity index (χ4v) is 1.76.